The first kappa shape index (κ1) is 13.9. The molecule has 0 aromatic carbocycles. The molecule has 0 saturated carbocycles. The van der Waals surface area contributed by atoms with Crippen molar-refractivity contribution in [3.8, 4) is 0 Å². The number of ether oxygens (including phenoxy) is 4. The Morgan fingerprint density at radius 2 is 1.82 bits per heavy atom. The summed E-state index contributed by atoms with van der Waals surface area (Å²) in [5.41, 5.74) is -1.44. The predicted molar refractivity (Wildman–Crippen MR) is 57.1 cm³/mol. The number of carbonyl (C=O) groups excluding carboxylic acids is 2. The van der Waals surface area contributed by atoms with Gasteiger partial charge in [-0.25, -0.2) is 4.79 Å². The summed E-state index contributed by atoms with van der Waals surface area (Å²) >= 11 is 0. The first-order valence-corrected chi connectivity index (χ1v) is 5.30. The van der Waals surface area contributed by atoms with Crippen LogP contribution in [-0.4, -0.2) is 43.7 Å². The molecule has 2 unspecified atom stereocenters. The maximum absolute atomic E-state index is 11.9. The fraction of sp³-hybridized carbons (Fsp3) is 0.818. The SMILES string of the molecule is COC(=O)CC1(C(=O)OC)OC(C)(C)OC1C. The zero-order chi connectivity index (χ0) is 13.3. The second-order valence-electron chi connectivity index (χ2n) is 4.40. The van der Waals surface area contributed by atoms with Crippen molar-refractivity contribution in [2.24, 2.45) is 0 Å². The van der Waals surface area contributed by atoms with Gasteiger partial charge in [0, 0.05) is 0 Å². The first-order chi connectivity index (χ1) is 7.77. The van der Waals surface area contributed by atoms with Gasteiger partial charge in [0.15, 0.2) is 5.79 Å². The molecule has 1 saturated heterocycles. The summed E-state index contributed by atoms with van der Waals surface area (Å²) in [5, 5.41) is 0. The van der Waals surface area contributed by atoms with Crippen LogP contribution in [0, 0.1) is 0 Å². The number of esters is 2. The predicted octanol–water partition coefficient (Wildman–Crippen LogP) is 0.633. The van der Waals surface area contributed by atoms with E-state index in [2.05, 4.69) is 4.74 Å². The number of hydrogen-bond acceptors (Lipinski definition) is 6. The monoisotopic (exact) mass is 246 g/mol. The smallest absolute Gasteiger partial charge is 0.341 e. The zero-order valence-electron chi connectivity index (χ0n) is 10.7. The average molecular weight is 246 g/mol. The Balaban J connectivity index is 3.03. The van der Waals surface area contributed by atoms with Crippen LogP contribution in [0.1, 0.15) is 27.2 Å². The Labute approximate surface area is 100 Å². The van der Waals surface area contributed by atoms with Crippen molar-refractivity contribution in [1.82, 2.24) is 0 Å². The number of methoxy groups -OCH3 is 2. The van der Waals surface area contributed by atoms with Crippen LogP contribution in [0.5, 0.6) is 0 Å². The Morgan fingerprint density at radius 1 is 1.24 bits per heavy atom. The lowest BCUT2D eigenvalue weighted by Crippen LogP contribution is -2.49. The summed E-state index contributed by atoms with van der Waals surface area (Å²) in [6.45, 7) is 5.01. The Morgan fingerprint density at radius 3 is 2.18 bits per heavy atom. The number of hydrogen-bond donors (Lipinski definition) is 0. The molecule has 1 aliphatic heterocycles. The fourth-order valence-electron chi connectivity index (χ4n) is 1.99. The third-order valence-corrected chi connectivity index (χ3v) is 2.71. The van der Waals surface area contributed by atoms with Gasteiger partial charge in [0.2, 0.25) is 5.60 Å². The largest absolute Gasteiger partial charge is 0.469 e. The van der Waals surface area contributed by atoms with Crippen molar-refractivity contribution in [2.75, 3.05) is 14.2 Å². The van der Waals surface area contributed by atoms with E-state index in [0.717, 1.165) is 0 Å². The normalized spacial score (nSPS) is 31.0. The molecular weight excluding hydrogens is 228 g/mol. The third kappa shape index (κ3) is 2.58. The van der Waals surface area contributed by atoms with Crippen LogP contribution in [0.15, 0.2) is 0 Å². The van der Waals surface area contributed by atoms with Gasteiger partial charge >= 0.3 is 11.9 Å². The van der Waals surface area contributed by atoms with Gasteiger partial charge in [-0.15, -0.1) is 0 Å². The maximum Gasteiger partial charge on any atom is 0.341 e. The molecule has 0 amide bonds. The summed E-state index contributed by atoms with van der Waals surface area (Å²) in [7, 11) is 2.49. The molecule has 0 aromatic rings. The fourth-order valence-corrected chi connectivity index (χ4v) is 1.99. The lowest BCUT2D eigenvalue weighted by atomic mass is 9.94. The Kier molecular flexibility index (Phi) is 3.78. The molecule has 1 heterocycles. The lowest BCUT2D eigenvalue weighted by molar-refractivity contribution is -0.192. The minimum absolute atomic E-state index is 0.235. The van der Waals surface area contributed by atoms with Gasteiger partial charge in [-0.2, -0.15) is 0 Å². The summed E-state index contributed by atoms with van der Waals surface area (Å²) in [5.74, 6) is -2.13. The van der Waals surface area contributed by atoms with Crippen molar-refractivity contribution in [2.45, 2.75) is 44.7 Å². The average Bonchev–Trinajstić information content (AvgIpc) is 2.48. The van der Waals surface area contributed by atoms with Gasteiger partial charge in [0.25, 0.3) is 0 Å². The van der Waals surface area contributed by atoms with E-state index < -0.39 is 29.4 Å². The minimum Gasteiger partial charge on any atom is -0.469 e. The molecule has 1 rings (SSSR count). The highest BCUT2D eigenvalue weighted by molar-refractivity contribution is 5.86. The molecule has 1 aliphatic rings. The van der Waals surface area contributed by atoms with E-state index in [1.165, 1.54) is 14.2 Å². The third-order valence-electron chi connectivity index (χ3n) is 2.71. The van der Waals surface area contributed by atoms with E-state index in [1.54, 1.807) is 20.8 Å². The highest BCUT2D eigenvalue weighted by Gasteiger charge is 2.58. The molecule has 17 heavy (non-hydrogen) atoms. The molecule has 98 valence electrons. The first-order valence-electron chi connectivity index (χ1n) is 5.30. The van der Waals surface area contributed by atoms with Crippen LogP contribution >= 0.6 is 0 Å². The highest BCUT2D eigenvalue weighted by Crippen LogP contribution is 2.39. The van der Waals surface area contributed by atoms with Crippen LogP contribution in [0.4, 0.5) is 0 Å². The standard InChI is InChI=1S/C11H18O6/c1-7-11(9(13)15-5,6-8(12)14-4)17-10(2,3)16-7/h7H,6H2,1-5H3. The molecule has 0 spiro atoms. The van der Waals surface area contributed by atoms with Gasteiger partial charge in [-0.05, 0) is 20.8 Å². The second kappa shape index (κ2) is 4.62. The van der Waals surface area contributed by atoms with Crippen molar-refractivity contribution in [1.29, 1.82) is 0 Å². The number of rotatable bonds is 3. The molecular formula is C11H18O6. The molecule has 0 radical (unpaired) electrons. The van der Waals surface area contributed by atoms with Gasteiger partial charge < -0.3 is 18.9 Å². The van der Waals surface area contributed by atoms with Crippen LogP contribution < -0.4 is 0 Å². The van der Waals surface area contributed by atoms with Crippen LogP contribution in [0.25, 0.3) is 0 Å². The molecule has 2 atom stereocenters. The molecule has 0 bridgehead atoms. The van der Waals surface area contributed by atoms with E-state index in [0.29, 0.717) is 0 Å². The number of carbonyl (C=O) groups is 2. The molecule has 6 nitrogen and oxygen atoms in total. The van der Waals surface area contributed by atoms with E-state index in [1.807, 2.05) is 0 Å². The summed E-state index contributed by atoms with van der Waals surface area (Å²) in [6, 6.07) is 0. The molecule has 0 aliphatic carbocycles. The zero-order valence-corrected chi connectivity index (χ0v) is 10.7. The summed E-state index contributed by atoms with van der Waals surface area (Å²) in [4.78, 5) is 23.2. The Hall–Kier alpha value is -1.14. The minimum atomic E-state index is -1.44. The van der Waals surface area contributed by atoms with E-state index in [9.17, 15) is 9.59 Å². The van der Waals surface area contributed by atoms with Crippen LogP contribution in [0.3, 0.4) is 0 Å². The van der Waals surface area contributed by atoms with E-state index in [4.69, 9.17) is 14.2 Å². The molecule has 6 heteroatoms. The highest BCUT2D eigenvalue weighted by atomic mass is 16.8. The van der Waals surface area contributed by atoms with Crippen molar-refractivity contribution < 1.29 is 28.5 Å². The summed E-state index contributed by atoms with van der Waals surface area (Å²) in [6.07, 6.45) is -0.829. The van der Waals surface area contributed by atoms with Gasteiger partial charge in [-0.3, -0.25) is 4.79 Å². The van der Waals surface area contributed by atoms with Crippen molar-refractivity contribution >= 4 is 11.9 Å². The van der Waals surface area contributed by atoms with Crippen molar-refractivity contribution in [3.05, 3.63) is 0 Å². The molecule has 1 fully saturated rings. The molecule has 0 N–H and O–H groups in total. The Bertz CT molecular complexity index is 324. The van der Waals surface area contributed by atoms with E-state index >= 15 is 0 Å². The molecule has 0 aromatic heterocycles. The quantitative estimate of drug-likeness (QED) is 0.680. The van der Waals surface area contributed by atoms with Crippen molar-refractivity contribution in [3.63, 3.8) is 0 Å². The lowest BCUT2D eigenvalue weighted by Gasteiger charge is -2.27. The van der Waals surface area contributed by atoms with Crippen LogP contribution in [0.2, 0.25) is 0 Å². The van der Waals surface area contributed by atoms with Gasteiger partial charge in [0.1, 0.15) is 0 Å². The van der Waals surface area contributed by atoms with Gasteiger partial charge in [-0.1, -0.05) is 0 Å². The maximum atomic E-state index is 11.9. The van der Waals surface area contributed by atoms with Crippen LogP contribution in [-0.2, 0) is 28.5 Å². The van der Waals surface area contributed by atoms with E-state index in [-0.39, 0.29) is 6.42 Å². The second-order valence-corrected chi connectivity index (χ2v) is 4.40. The topological polar surface area (TPSA) is 71.1 Å². The van der Waals surface area contributed by atoms with Gasteiger partial charge in [0.05, 0.1) is 26.7 Å². The summed E-state index contributed by atoms with van der Waals surface area (Å²) < 4.78 is 20.3.